The van der Waals surface area contributed by atoms with E-state index in [2.05, 4.69) is 6.58 Å². The summed E-state index contributed by atoms with van der Waals surface area (Å²) in [6, 6.07) is 10.1. The van der Waals surface area contributed by atoms with Crippen molar-refractivity contribution >= 4 is 11.9 Å². The van der Waals surface area contributed by atoms with Crippen LogP contribution >= 0.6 is 0 Å². The van der Waals surface area contributed by atoms with Crippen LogP contribution in [0.3, 0.4) is 0 Å². The molecule has 0 saturated carbocycles. The molecule has 2 bridgehead atoms. The van der Waals surface area contributed by atoms with Gasteiger partial charge in [0.2, 0.25) is 0 Å². The largest absolute Gasteiger partial charge is 0.445 e. The molecule has 2 atom stereocenters. The molecule has 2 aliphatic rings. The Morgan fingerprint density at radius 2 is 1.78 bits per heavy atom. The summed E-state index contributed by atoms with van der Waals surface area (Å²) in [6.45, 7) is 4.04. The third kappa shape index (κ3) is 5.21. The van der Waals surface area contributed by atoms with E-state index in [1.165, 1.54) is 0 Å². The molecule has 2 heterocycles. The summed E-state index contributed by atoms with van der Waals surface area (Å²) in [5.41, 5.74) is 1.000. The Labute approximate surface area is 162 Å². The van der Waals surface area contributed by atoms with E-state index >= 15 is 0 Å². The number of rotatable bonds is 9. The number of benzene rings is 1. The molecule has 1 aromatic carbocycles. The maximum atomic E-state index is 12.6. The van der Waals surface area contributed by atoms with Crippen LogP contribution < -0.4 is 0 Å². The number of amides is 1. The summed E-state index contributed by atoms with van der Waals surface area (Å²) in [7, 11) is 0. The zero-order chi connectivity index (χ0) is 19.1. The first-order valence-corrected chi connectivity index (χ1v) is 10.3. The molecule has 27 heavy (non-hydrogen) atoms. The van der Waals surface area contributed by atoms with E-state index in [0.29, 0.717) is 18.8 Å². The fraction of sp³-hybridized carbons (Fsp3) is 0.565. The molecule has 1 amide bonds. The maximum absolute atomic E-state index is 12.6. The lowest BCUT2D eigenvalue weighted by atomic mass is 9.85. The van der Waals surface area contributed by atoms with E-state index < -0.39 is 0 Å². The number of allylic oxidation sites excluding steroid dienone is 1. The number of piperidine rings is 1. The van der Waals surface area contributed by atoms with Gasteiger partial charge in [-0.3, -0.25) is 4.79 Å². The Morgan fingerprint density at radius 1 is 1.07 bits per heavy atom. The number of ether oxygens (including phenoxy) is 1. The summed E-state index contributed by atoms with van der Waals surface area (Å²) in [5.74, 6) is 0.517. The number of ketones is 1. The molecule has 3 rings (SSSR count). The van der Waals surface area contributed by atoms with Crippen molar-refractivity contribution in [1.29, 1.82) is 0 Å². The van der Waals surface area contributed by atoms with Crippen LogP contribution in [-0.4, -0.2) is 28.9 Å². The maximum Gasteiger partial charge on any atom is 0.410 e. The number of nitrogens with zero attached hydrogens (tertiary/aromatic N) is 1. The normalized spacial score (nSPS) is 23.9. The van der Waals surface area contributed by atoms with Crippen LogP contribution in [0, 0.1) is 5.92 Å². The number of hydrogen-bond donors (Lipinski definition) is 0. The molecule has 2 aliphatic heterocycles. The summed E-state index contributed by atoms with van der Waals surface area (Å²) >= 11 is 0. The molecule has 4 heteroatoms. The van der Waals surface area contributed by atoms with Crippen molar-refractivity contribution < 1.29 is 14.3 Å². The minimum atomic E-state index is -0.221. The lowest BCUT2D eigenvalue weighted by Crippen LogP contribution is -2.48. The van der Waals surface area contributed by atoms with Crippen molar-refractivity contribution in [1.82, 2.24) is 4.90 Å². The zero-order valence-corrected chi connectivity index (χ0v) is 16.1. The van der Waals surface area contributed by atoms with Gasteiger partial charge < -0.3 is 9.64 Å². The fourth-order valence-corrected chi connectivity index (χ4v) is 4.50. The summed E-state index contributed by atoms with van der Waals surface area (Å²) in [5, 5.41) is 0. The van der Waals surface area contributed by atoms with Crippen molar-refractivity contribution in [3.63, 3.8) is 0 Å². The molecule has 2 saturated heterocycles. The van der Waals surface area contributed by atoms with Crippen LogP contribution in [0.1, 0.15) is 63.4 Å². The molecule has 0 N–H and O–H groups in total. The summed E-state index contributed by atoms with van der Waals surface area (Å²) in [4.78, 5) is 27.1. The third-order valence-electron chi connectivity index (χ3n) is 5.94. The predicted octanol–water partition coefficient (Wildman–Crippen LogP) is 5.27. The van der Waals surface area contributed by atoms with Crippen molar-refractivity contribution in [3.8, 4) is 0 Å². The predicted molar refractivity (Wildman–Crippen MR) is 106 cm³/mol. The van der Waals surface area contributed by atoms with Gasteiger partial charge in [0.25, 0.3) is 0 Å². The molecule has 0 spiro atoms. The number of hydrogen-bond acceptors (Lipinski definition) is 3. The van der Waals surface area contributed by atoms with Crippen molar-refractivity contribution in [2.24, 2.45) is 5.92 Å². The van der Waals surface area contributed by atoms with Gasteiger partial charge in [0.05, 0.1) is 0 Å². The molecule has 0 aliphatic carbocycles. The Hall–Kier alpha value is -2.10. The van der Waals surface area contributed by atoms with E-state index in [-0.39, 0.29) is 24.1 Å². The number of Topliss-reactive ketones (excluding diaryl/α,β-unsaturated/α-hetero) is 1. The van der Waals surface area contributed by atoms with E-state index in [1.54, 1.807) is 0 Å². The molecule has 2 fully saturated rings. The lowest BCUT2D eigenvalue weighted by Gasteiger charge is -2.37. The van der Waals surface area contributed by atoms with Crippen molar-refractivity contribution in [2.75, 3.05) is 0 Å². The van der Waals surface area contributed by atoms with E-state index in [0.717, 1.165) is 56.9 Å². The molecule has 4 nitrogen and oxygen atoms in total. The zero-order valence-electron chi connectivity index (χ0n) is 16.1. The average Bonchev–Trinajstić information content (AvgIpc) is 2.96. The average molecular weight is 370 g/mol. The number of carbonyl (C=O) groups excluding carboxylic acids is 2. The Balaban J connectivity index is 1.46. The highest BCUT2D eigenvalue weighted by Gasteiger charge is 2.45. The van der Waals surface area contributed by atoms with Gasteiger partial charge in [-0.25, -0.2) is 4.79 Å². The molecular formula is C23H31NO3. The molecule has 2 unspecified atom stereocenters. The van der Waals surface area contributed by atoms with Crippen LogP contribution in [0.15, 0.2) is 43.0 Å². The Morgan fingerprint density at radius 3 is 2.44 bits per heavy atom. The standard InChI is InChI=1S/C23H31NO3/c1-2-3-4-5-9-12-22(25)19-15-20-13-14-21(16-19)24(20)23(26)27-17-18-10-7-6-8-11-18/h2,6-8,10-11,19-21H,1,3-5,9,12-17H2. The minimum absolute atomic E-state index is 0.125. The quantitative estimate of drug-likeness (QED) is 0.440. The third-order valence-corrected chi connectivity index (χ3v) is 5.94. The topological polar surface area (TPSA) is 46.6 Å². The molecule has 1 aromatic rings. The monoisotopic (exact) mass is 369 g/mol. The van der Waals surface area contributed by atoms with Crippen LogP contribution in [0.2, 0.25) is 0 Å². The van der Waals surface area contributed by atoms with Gasteiger partial charge in [-0.05, 0) is 50.5 Å². The highest BCUT2D eigenvalue weighted by Crippen LogP contribution is 2.40. The van der Waals surface area contributed by atoms with Crippen LogP contribution in [0.25, 0.3) is 0 Å². The highest BCUT2D eigenvalue weighted by atomic mass is 16.6. The van der Waals surface area contributed by atoms with Crippen molar-refractivity contribution in [3.05, 3.63) is 48.6 Å². The van der Waals surface area contributed by atoms with Gasteiger partial charge in [-0.15, -0.1) is 6.58 Å². The number of fused-ring (bicyclic) bond motifs is 2. The van der Waals surface area contributed by atoms with Gasteiger partial charge in [-0.2, -0.15) is 0 Å². The van der Waals surface area contributed by atoms with E-state index in [1.807, 2.05) is 41.3 Å². The number of unbranched alkanes of at least 4 members (excludes halogenated alkanes) is 3. The van der Waals surface area contributed by atoms with Crippen LogP contribution in [0.5, 0.6) is 0 Å². The molecular weight excluding hydrogens is 338 g/mol. The lowest BCUT2D eigenvalue weighted by molar-refractivity contribution is -0.125. The molecule has 0 radical (unpaired) electrons. The number of carbonyl (C=O) groups is 2. The first-order valence-electron chi connectivity index (χ1n) is 10.3. The van der Waals surface area contributed by atoms with Gasteiger partial charge >= 0.3 is 6.09 Å². The minimum Gasteiger partial charge on any atom is -0.445 e. The SMILES string of the molecule is C=CCCCCCC(=O)C1CC2CCC(C1)N2C(=O)OCc1ccccc1. The van der Waals surface area contributed by atoms with Gasteiger partial charge in [0.15, 0.2) is 0 Å². The molecule has 146 valence electrons. The second-order valence-electron chi connectivity index (χ2n) is 7.86. The van der Waals surface area contributed by atoms with Gasteiger partial charge in [-0.1, -0.05) is 42.8 Å². The smallest absolute Gasteiger partial charge is 0.410 e. The Kier molecular flexibility index (Phi) is 7.08. The second-order valence-corrected chi connectivity index (χ2v) is 7.86. The van der Waals surface area contributed by atoms with E-state index in [4.69, 9.17) is 4.74 Å². The van der Waals surface area contributed by atoms with Gasteiger partial charge in [0.1, 0.15) is 12.4 Å². The van der Waals surface area contributed by atoms with Gasteiger partial charge in [0, 0.05) is 24.4 Å². The highest BCUT2D eigenvalue weighted by molar-refractivity contribution is 5.81. The Bertz CT molecular complexity index is 628. The summed E-state index contributed by atoms with van der Waals surface area (Å²) in [6.07, 6.45) is 10.2. The van der Waals surface area contributed by atoms with Crippen molar-refractivity contribution in [2.45, 2.75) is 76.5 Å². The van der Waals surface area contributed by atoms with Crippen LogP contribution in [-0.2, 0) is 16.1 Å². The second kappa shape index (κ2) is 9.72. The fourth-order valence-electron chi connectivity index (χ4n) is 4.50. The van der Waals surface area contributed by atoms with E-state index in [9.17, 15) is 9.59 Å². The summed E-state index contributed by atoms with van der Waals surface area (Å²) < 4.78 is 5.54. The first-order chi connectivity index (χ1) is 13.2. The molecule has 0 aromatic heterocycles. The van der Waals surface area contributed by atoms with Crippen LogP contribution in [0.4, 0.5) is 4.79 Å². The first kappa shape index (κ1) is 19.7.